The summed E-state index contributed by atoms with van der Waals surface area (Å²) in [4.78, 5) is 0. The maximum Gasteiger partial charge on any atom is 0.153 e. The van der Waals surface area contributed by atoms with E-state index in [1.165, 1.54) is 5.56 Å². The molecule has 2 aromatic carbocycles. The molecule has 0 N–H and O–H groups in total. The highest BCUT2D eigenvalue weighted by Gasteiger charge is 2.11. The molecule has 0 aliphatic heterocycles. The number of hydrogen-bond acceptors (Lipinski definition) is 1. The molecule has 1 nitrogen and oxygen atoms in total. The summed E-state index contributed by atoms with van der Waals surface area (Å²) in [6, 6.07) is 11.9. The Kier molecular flexibility index (Phi) is 4.95. The van der Waals surface area contributed by atoms with Crippen molar-refractivity contribution in [1.29, 1.82) is 0 Å². The molecule has 2 rings (SSSR count). The Morgan fingerprint density at radius 2 is 1.85 bits per heavy atom. The van der Waals surface area contributed by atoms with Gasteiger partial charge in [-0.2, -0.15) is 0 Å². The van der Waals surface area contributed by atoms with Crippen molar-refractivity contribution < 1.29 is 4.74 Å². The molecule has 3 heteroatoms. The summed E-state index contributed by atoms with van der Waals surface area (Å²) >= 11 is 11.9. The van der Waals surface area contributed by atoms with E-state index in [-0.39, 0.29) is 0 Å². The summed E-state index contributed by atoms with van der Waals surface area (Å²) in [6.07, 6.45) is 5.54. The Morgan fingerprint density at radius 1 is 1.15 bits per heavy atom. The average molecular weight is 305 g/mol. The topological polar surface area (TPSA) is 9.23 Å². The minimum absolute atomic E-state index is 0.375. The van der Waals surface area contributed by atoms with Crippen molar-refractivity contribution in [3.63, 3.8) is 0 Å². The van der Waals surface area contributed by atoms with Gasteiger partial charge in [-0.1, -0.05) is 47.4 Å². The third kappa shape index (κ3) is 3.28. The molecule has 0 heterocycles. The number of aryl methyl sites for hydroxylation is 1. The maximum absolute atomic E-state index is 6.27. The van der Waals surface area contributed by atoms with Crippen LogP contribution in [0, 0.1) is 19.3 Å². The van der Waals surface area contributed by atoms with Crippen LogP contribution < -0.4 is 4.74 Å². The highest BCUT2D eigenvalue weighted by atomic mass is 35.5. The van der Waals surface area contributed by atoms with Crippen molar-refractivity contribution in [3.05, 3.63) is 52.5 Å². The standard InChI is InChI=1S/C17H14Cl2O/c1-3-13-10-15(14-6-4-12(2)5-7-14)11-16(19)17(13)20-9-8-18/h1,4-7,10-11H,8-9H2,2H3. The fourth-order valence-corrected chi connectivity index (χ4v) is 2.25. The lowest BCUT2D eigenvalue weighted by Crippen LogP contribution is -2.01. The third-order valence-corrected chi connectivity index (χ3v) is 3.34. The molecule has 0 spiro atoms. The Morgan fingerprint density at radius 3 is 2.45 bits per heavy atom. The van der Waals surface area contributed by atoms with Gasteiger partial charge in [-0.15, -0.1) is 18.0 Å². The number of terminal acetylenes is 1. The number of halogens is 2. The Labute approximate surface area is 129 Å². The van der Waals surface area contributed by atoms with E-state index in [0.717, 1.165) is 11.1 Å². The lowest BCUT2D eigenvalue weighted by molar-refractivity contribution is 0.342. The van der Waals surface area contributed by atoms with Crippen molar-refractivity contribution in [2.75, 3.05) is 12.5 Å². The highest BCUT2D eigenvalue weighted by molar-refractivity contribution is 6.32. The number of alkyl halides is 1. The van der Waals surface area contributed by atoms with Gasteiger partial charge in [-0.05, 0) is 30.2 Å². The zero-order valence-electron chi connectivity index (χ0n) is 11.1. The van der Waals surface area contributed by atoms with E-state index in [4.69, 9.17) is 34.4 Å². The zero-order chi connectivity index (χ0) is 14.5. The van der Waals surface area contributed by atoms with Crippen molar-refractivity contribution in [2.24, 2.45) is 0 Å². The smallest absolute Gasteiger partial charge is 0.153 e. The van der Waals surface area contributed by atoms with E-state index in [2.05, 4.69) is 18.1 Å². The third-order valence-electron chi connectivity index (χ3n) is 2.91. The van der Waals surface area contributed by atoms with Gasteiger partial charge in [0.2, 0.25) is 0 Å². The van der Waals surface area contributed by atoms with Crippen molar-refractivity contribution in [2.45, 2.75) is 6.92 Å². The monoisotopic (exact) mass is 304 g/mol. The first-order chi connectivity index (χ1) is 9.65. The Balaban J connectivity index is 2.45. The Bertz CT molecular complexity index is 639. The second-order valence-corrected chi connectivity index (χ2v) is 5.17. The normalized spacial score (nSPS) is 10.1. The Hall–Kier alpha value is -1.62. The summed E-state index contributed by atoms with van der Waals surface area (Å²) in [7, 11) is 0. The summed E-state index contributed by atoms with van der Waals surface area (Å²) in [5.74, 6) is 3.52. The lowest BCUT2D eigenvalue weighted by Gasteiger charge is -2.12. The van der Waals surface area contributed by atoms with Gasteiger partial charge in [0.1, 0.15) is 6.61 Å². The van der Waals surface area contributed by atoms with Gasteiger partial charge in [0, 0.05) is 0 Å². The molecule has 2 aromatic rings. The van der Waals surface area contributed by atoms with Gasteiger partial charge in [0.25, 0.3) is 0 Å². The van der Waals surface area contributed by atoms with Crippen LogP contribution in [0.15, 0.2) is 36.4 Å². The molecule has 0 aliphatic carbocycles. The molecular weight excluding hydrogens is 291 g/mol. The van der Waals surface area contributed by atoms with Crippen molar-refractivity contribution >= 4 is 23.2 Å². The molecule has 20 heavy (non-hydrogen) atoms. The minimum Gasteiger partial charge on any atom is -0.489 e. The van der Waals surface area contributed by atoms with Crippen LogP contribution in [0.25, 0.3) is 11.1 Å². The van der Waals surface area contributed by atoms with E-state index >= 15 is 0 Å². The predicted octanol–water partition coefficient (Wildman–Crippen LogP) is 4.91. The van der Waals surface area contributed by atoms with Gasteiger partial charge in [0.15, 0.2) is 5.75 Å². The fourth-order valence-electron chi connectivity index (χ4n) is 1.90. The fraction of sp³-hybridized carbons (Fsp3) is 0.176. The van der Waals surface area contributed by atoms with E-state index < -0.39 is 0 Å². The van der Waals surface area contributed by atoms with Crippen LogP contribution >= 0.6 is 23.2 Å². The van der Waals surface area contributed by atoms with Crippen LogP contribution in [0.5, 0.6) is 5.75 Å². The van der Waals surface area contributed by atoms with E-state index in [0.29, 0.717) is 28.8 Å². The van der Waals surface area contributed by atoms with Crippen LogP contribution in [0.3, 0.4) is 0 Å². The molecule has 0 unspecified atom stereocenters. The number of ether oxygens (including phenoxy) is 1. The molecular formula is C17H14Cl2O. The molecule has 0 aromatic heterocycles. The number of rotatable bonds is 4. The maximum atomic E-state index is 6.27. The zero-order valence-corrected chi connectivity index (χ0v) is 12.6. The molecule has 102 valence electrons. The summed E-state index contributed by atoms with van der Waals surface area (Å²) < 4.78 is 5.51. The van der Waals surface area contributed by atoms with E-state index in [9.17, 15) is 0 Å². The SMILES string of the molecule is C#Cc1cc(-c2ccc(C)cc2)cc(Cl)c1OCCCl. The lowest BCUT2D eigenvalue weighted by atomic mass is 10.0. The van der Waals surface area contributed by atoms with Gasteiger partial charge >= 0.3 is 0 Å². The van der Waals surface area contributed by atoms with Crippen LogP contribution in [-0.2, 0) is 0 Å². The average Bonchev–Trinajstić information content (AvgIpc) is 2.46. The highest BCUT2D eigenvalue weighted by Crippen LogP contribution is 2.34. The van der Waals surface area contributed by atoms with E-state index in [1.54, 1.807) is 0 Å². The van der Waals surface area contributed by atoms with Gasteiger partial charge in [-0.25, -0.2) is 0 Å². The minimum atomic E-state index is 0.375. The van der Waals surface area contributed by atoms with Gasteiger partial charge in [0.05, 0.1) is 16.5 Å². The van der Waals surface area contributed by atoms with Crippen molar-refractivity contribution in [3.8, 4) is 29.2 Å². The van der Waals surface area contributed by atoms with E-state index in [1.807, 2.05) is 31.2 Å². The number of benzene rings is 2. The van der Waals surface area contributed by atoms with Crippen LogP contribution in [-0.4, -0.2) is 12.5 Å². The van der Waals surface area contributed by atoms with Gasteiger partial charge < -0.3 is 4.74 Å². The first kappa shape index (κ1) is 14.8. The summed E-state index contributed by atoms with van der Waals surface area (Å²) in [5.41, 5.74) is 3.89. The number of hydrogen-bond donors (Lipinski definition) is 0. The van der Waals surface area contributed by atoms with Crippen LogP contribution in [0.2, 0.25) is 5.02 Å². The molecule has 0 radical (unpaired) electrons. The molecule has 0 saturated heterocycles. The largest absolute Gasteiger partial charge is 0.489 e. The summed E-state index contributed by atoms with van der Waals surface area (Å²) in [5, 5.41) is 0.501. The second kappa shape index (κ2) is 6.70. The van der Waals surface area contributed by atoms with Crippen molar-refractivity contribution in [1.82, 2.24) is 0 Å². The predicted molar refractivity (Wildman–Crippen MR) is 85.8 cm³/mol. The molecule has 0 atom stereocenters. The first-order valence-electron chi connectivity index (χ1n) is 6.21. The molecule has 0 fully saturated rings. The van der Waals surface area contributed by atoms with Crippen LogP contribution in [0.4, 0.5) is 0 Å². The molecule has 0 bridgehead atoms. The molecule has 0 aliphatic rings. The van der Waals surface area contributed by atoms with Gasteiger partial charge in [-0.3, -0.25) is 0 Å². The quantitative estimate of drug-likeness (QED) is 0.576. The molecule has 0 saturated carbocycles. The second-order valence-electron chi connectivity index (χ2n) is 4.38. The molecule has 0 amide bonds. The first-order valence-corrected chi connectivity index (χ1v) is 7.13. The van der Waals surface area contributed by atoms with Crippen LogP contribution in [0.1, 0.15) is 11.1 Å². The summed E-state index contributed by atoms with van der Waals surface area (Å²) in [6.45, 7) is 2.42.